The molecule has 0 fully saturated rings. The largest absolute Gasteiger partial charge is 0.497 e. The highest BCUT2D eigenvalue weighted by Gasteiger charge is 2.32. The molecule has 1 atom stereocenters. The Balaban J connectivity index is 2.87. The van der Waals surface area contributed by atoms with Crippen LogP contribution in [0.1, 0.15) is 11.7 Å². The number of halogens is 3. The molecule has 1 aromatic carbocycles. The summed E-state index contributed by atoms with van der Waals surface area (Å²) in [6.45, 7) is 0. The van der Waals surface area contributed by atoms with Gasteiger partial charge in [0.15, 0.2) is 0 Å². The zero-order valence-corrected chi connectivity index (χ0v) is 10.5. The second-order valence-corrected chi connectivity index (χ2v) is 6.09. The van der Waals surface area contributed by atoms with Crippen molar-refractivity contribution in [3.8, 4) is 5.75 Å². The van der Waals surface area contributed by atoms with Crippen LogP contribution in [0.2, 0.25) is 0 Å². The Hall–Kier alpha value is -0.130. The summed E-state index contributed by atoms with van der Waals surface area (Å²) < 4.78 is 16.1. The Labute approximate surface area is 98.3 Å². The minimum atomic E-state index is -2.01. The van der Waals surface area contributed by atoms with Gasteiger partial charge in [-0.05, 0) is 49.6 Å². The molecule has 2 nitrogen and oxygen atoms in total. The molecular formula is C9H9Br2FO2. The van der Waals surface area contributed by atoms with Crippen LogP contribution in [0.25, 0.3) is 0 Å². The van der Waals surface area contributed by atoms with Crippen LogP contribution in [0.3, 0.4) is 0 Å². The number of aliphatic hydroxyl groups is 1. The molecule has 0 aliphatic heterocycles. The monoisotopic (exact) mass is 326 g/mol. The lowest BCUT2D eigenvalue weighted by Gasteiger charge is -2.18. The molecule has 5 heteroatoms. The maximum absolute atomic E-state index is 13.2. The second kappa shape index (κ2) is 4.59. The lowest BCUT2D eigenvalue weighted by atomic mass is 10.1. The van der Waals surface area contributed by atoms with E-state index in [1.54, 1.807) is 31.4 Å². The first-order valence-electron chi connectivity index (χ1n) is 3.84. The summed E-state index contributed by atoms with van der Waals surface area (Å²) in [6.07, 6.45) is -1.27. The third kappa shape index (κ3) is 2.93. The van der Waals surface area contributed by atoms with Crippen molar-refractivity contribution < 1.29 is 14.2 Å². The van der Waals surface area contributed by atoms with Crippen molar-refractivity contribution in [2.75, 3.05) is 7.11 Å². The topological polar surface area (TPSA) is 29.5 Å². The highest BCUT2D eigenvalue weighted by molar-refractivity contribution is 9.25. The molecule has 0 aliphatic carbocycles. The molecule has 0 saturated carbocycles. The maximum Gasteiger partial charge on any atom is 0.248 e. The van der Waals surface area contributed by atoms with Gasteiger partial charge in [-0.1, -0.05) is 12.1 Å². The van der Waals surface area contributed by atoms with Crippen molar-refractivity contribution in [1.29, 1.82) is 0 Å². The number of methoxy groups -OCH3 is 1. The Morgan fingerprint density at radius 1 is 1.36 bits per heavy atom. The second-order valence-electron chi connectivity index (χ2n) is 2.72. The van der Waals surface area contributed by atoms with Crippen LogP contribution in [0.15, 0.2) is 24.3 Å². The number of rotatable bonds is 3. The number of benzene rings is 1. The van der Waals surface area contributed by atoms with Gasteiger partial charge >= 0.3 is 0 Å². The van der Waals surface area contributed by atoms with E-state index in [1.165, 1.54) is 0 Å². The summed E-state index contributed by atoms with van der Waals surface area (Å²) in [5.41, 5.74) is 0.460. The molecule has 0 aromatic heterocycles. The number of alkyl halides is 3. The lowest BCUT2D eigenvalue weighted by Crippen LogP contribution is -2.16. The van der Waals surface area contributed by atoms with Crippen LogP contribution in [0.4, 0.5) is 4.39 Å². The van der Waals surface area contributed by atoms with E-state index >= 15 is 0 Å². The summed E-state index contributed by atoms with van der Waals surface area (Å²) in [5.74, 6) is 0.662. The predicted octanol–water partition coefficient (Wildman–Crippen LogP) is 3.14. The van der Waals surface area contributed by atoms with E-state index in [1.807, 2.05) is 0 Å². The molecule has 1 aromatic rings. The van der Waals surface area contributed by atoms with Gasteiger partial charge in [-0.25, -0.2) is 4.39 Å². The van der Waals surface area contributed by atoms with Crippen LogP contribution in [-0.2, 0) is 0 Å². The zero-order valence-electron chi connectivity index (χ0n) is 7.38. The average Bonchev–Trinajstić information content (AvgIpc) is 2.15. The summed E-state index contributed by atoms with van der Waals surface area (Å²) in [6, 6.07) is 6.51. The van der Waals surface area contributed by atoms with E-state index in [-0.39, 0.29) is 0 Å². The molecule has 0 heterocycles. The number of ether oxygens (including phenoxy) is 1. The van der Waals surface area contributed by atoms with Gasteiger partial charge in [0.25, 0.3) is 0 Å². The van der Waals surface area contributed by atoms with E-state index in [4.69, 9.17) is 4.74 Å². The van der Waals surface area contributed by atoms with E-state index in [2.05, 4.69) is 31.9 Å². The number of hydrogen-bond acceptors (Lipinski definition) is 2. The van der Waals surface area contributed by atoms with Crippen molar-refractivity contribution in [1.82, 2.24) is 0 Å². The van der Waals surface area contributed by atoms with E-state index in [0.717, 1.165) is 0 Å². The number of aliphatic hydroxyl groups excluding tert-OH is 1. The first kappa shape index (κ1) is 11.9. The third-order valence-corrected chi connectivity index (χ3v) is 2.61. The van der Waals surface area contributed by atoms with E-state index in [0.29, 0.717) is 11.3 Å². The van der Waals surface area contributed by atoms with Crippen LogP contribution in [0, 0.1) is 0 Å². The maximum atomic E-state index is 13.2. The smallest absolute Gasteiger partial charge is 0.248 e. The molecule has 0 saturated heterocycles. The highest BCUT2D eigenvalue weighted by atomic mass is 79.9. The van der Waals surface area contributed by atoms with Gasteiger partial charge < -0.3 is 9.84 Å². The molecular weight excluding hydrogens is 319 g/mol. The highest BCUT2D eigenvalue weighted by Crippen LogP contribution is 2.40. The molecule has 1 N–H and O–H groups in total. The van der Waals surface area contributed by atoms with Crippen LogP contribution < -0.4 is 4.74 Å². The quantitative estimate of drug-likeness (QED) is 0.864. The first-order chi connectivity index (χ1) is 6.45. The normalized spacial score (nSPS) is 13.8. The molecule has 78 valence electrons. The fourth-order valence-corrected chi connectivity index (χ4v) is 1.50. The molecule has 0 spiro atoms. The van der Waals surface area contributed by atoms with Gasteiger partial charge in [-0.3, -0.25) is 0 Å². The molecule has 1 unspecified atom stereocenters. The first-order valence-corrected chi connectivity index (χ1v) is 5.42. The zero-order chi connectivity index (χ0) is 10.8. The van der Waals surface area contributed by atoms with Gasteiger partial charge in [-0.2, -0.15) is 0 Å². The molecule has 0 radical (unpaired) electrons. The molecule has 1 rings (SSSR count). The standard InChI is InChI=1S/C9H9Br2FO2/c1-14-7-4-2-6(3-5-7)8(13)9(10,11)12/h2-5,8,13H,1H3. The fraction of sp³-hybridized carbons (Fsp3) is 0.333. The average molecular weight is 328 g/mol. The van der Waals surface area contributed by atoms with Crippen LogP contribution in [0.5, 0.6) is 5.75 Å². The molecule has 0 aliphatic rings. The van der Waals surface area contributed by atoms with E-state index < -0.39 is 9.59 Å². The van der Waals surface area contributed by atoms with E-state index in [9.17, 15) is 9.50 Å². The Morgan fingerprint density at radius 2 is 1.86 bits per heavy atom. The van der Waals surface area contributed by atoms with Gasteiger partial charge in [-0.15, -0.1) is 0 Å². The van der Waals surface area contributed by atoms with Crippen molar-refractivity contribution in [2.24, 2.45) is 0 Å². The van der Waals surface area contributed by atoms with Gasteiger partial charge in [0.1, 0.15) is 11.9 Å². The lowest BCUT2D eigenvalue weighted by molar-refractivity contribution is 0.114. The SMILES string of the molecule is COc1ccc(C(O)C(F)(Br)Br)cc1. The van der Waals surface area contributed by atoms with Crippen LogP contribution in [-0.4, -0.2) is 15.7 Å². The van der Waals surface area contributed by atoms with Gasteiger partial charge in [0.2, 0.25) is 3.49 Å². The summed E-state index contributed by atoms with van der Waals surface area (Å²) in [4.78, 5) is 0. The summed E-state index contributed by atoms with van der Waals surface area (Å²) >= 11 is 5.37. The molecule has 14 heavy (non-hydrogen) atoms. The number of hydrogen-bond donors (Lipinski definition) is 1. The predicted molar refractivity (Wildman–Crippen MR) is 59.6 cm³/mol. The van der Waals surface area contributed by atoms with Crippen molar-refractivity contribution in [2.45, 2.75) is 9.59 Å². The van der Waals surface area contributed by atoms with Crippen LogP contribution >= 0.6 is 31.9 Å². The Morgan fingerprint density at radius 3 is 2.21 bits per heavy atom. The van der Waals surface area contributed by atoms with Crippen molar-refractivity contribution in [3.05, 3.63) is 29.8 Å². The fourth-order valence-electron chi connectivity index (χ4n) is 0.975. The van der Waals surface area contributed by atoms with Gasteiger partial charge in [0.05, 0.1) is 7.11 Å². The third-order valence-electron chi connectivity index (χ3n) is 1.74. The molecule has 0 amide bonds. The summed E-state index contributed by atoms with van der Waals surface area (Å²) in [7, 11) is 1.54. The Bertz CT molecular complexity index is 295. The van der Waals surface area contributed by atoms with Crippen molar-refractivity contribution in [3.63, 3.8) is 0 Å². The Kier molecular flexibility index (Phi) is 3.92. The minimum absolute atomic E-state index is 0.460. The minimum Gasteiger partial charge on any atom is -0.497 e. The molecule has 0 bridgehead atoms. The van der Waals surface area contributed by atoms with Gasteiger partial charge in [0, 0.05) is 0 Å². The van der Waals surface area contributed by atoms with Crippen molar-refractivity contribution >= 4 is 31.9 Å². The summed E-state index contributed by atoms with van der Waals surface area (Å²) in [5, 5.41) is 9.51.